The SMILES string of the molecule is Cc1ccn(-c2ccc3c4c(cccc24)C(=O)OC3=O)n1. The van der Waals surface area contributed by atoms with Crippen molar-refractivity contribution in [3.8, 4) is 5.69 Å². The van der Waals surface area contributed by atoms with Crippen LogP contribution < -0.4 is 0 Å². The Bertz CT molecular complexity index is 904. The quantitative estimate of drug-likeness (QED) is 0.507. The summed E-state index contributed by atoms with van der Waals surface area (Å²) >= 11 is 0. The van der Waals surface area contributed by atoms with Crippen LogP contribution in [0.4, 0.5) is 0 Å². The van der Waals surface area contributed by atoms with Gasteiger partial charge in [0.25, 0.3) is 0 Å². The third-order valence-electron chi connectivity index (χ3n) is 3.61. The van der Waals surface area contributed by atoms with Gasteiger partial charge in [0.2, 0.25) is 0 Å². The van der Waals surface area contributed by atoms with Gasteiger partial charge >= 0.3 is 11.9 Å². The second-order valence-corrected chi connectivity index (χ2v) is 4.94. The van der Waals surface area contributed by atoms with E-state index in [2.05, 4.69) is 5.10 Å². The predicted octanol–water partition coefficient (Wildman–Crippen LogP) is 2.64. The van der Waals surface area contributed by atoms with E-state index in [0.717, 1.165) is 16.8 Å². The first-order chi connectivity index (χ1) is 10.1. The molecule has 3 aromatic rings. The van der Waals surface area contributed by atoms with Crippen molar-refractivity contribution in [2.24, 2.45) is 0 Å². The van der Waals surface area contributed by atoms with Crippen molar-refractivity contribution in [3.63, 3.8) is 0 Å². The summed E-state index contributed by atoms with van der Waals surface area (Å²) in [5.74, 6) is -1.21. The van der Waals surface area contributed by atoms with Crippen molar-refractivity contribution in [1.29, 1.82) is 0 Å². The van der Waals surface area contributed by atoms with Gasteiger partial charge in [0.05, 0.1) is 22.5 Å². The lowest BCUT2D eigenvalue weighted by Crippen LogP contribution is -2.20. The first-order valence-electron chi connectivity index (χ1n) is 6.50. The van der Waals surface area contributed by atoms with Gasteiger partial charge in [-0.15, -0.1) is 0 Å². The molecule has 5 heteroatoms. The van der Waals surface area contributed by atoms with E-state index < -0.39 is 11.9 Å². The molecule has 0 amide bonds. The van der Waals surface area contributed by atoms with Crippen molar-refractivity contribution in [2.75, 3.05) is 0 Å². The minimum Gasteiger partial charge on any atom is -0.386 e. The van der Waals surface area contributed by atoms with Crippen molar-refractivity contribution in [2.45, 2.75) is 6.92 Å². The van der Waals surface area contributed by atoms with Crippen molar-refractivity contribution in [1.82, 2.24) is 9.78 Å². The Balaban J connectivity index is 2.12. The van der Waals surface area contributed by atoms with Crippen LogP contribution >= 0.6 is 0 Å². The molecule has 0 saturated heterocycles. The monoisotopic (exact) mass is 278 g/mol. The van der Waals surface area contributed by atoms with Gasteiger partial charge in [-0.05, 0) is 31.2 Å². The summed E-state index contributed by atoms with van der Waals surface area (Å²) in [7, 11) is 0. The molecule has 1 aliphatic heterocycles. The van der Waals surface area contributed by atoms with Gasteiger partial charge in [-0.1, -0.05) is 12.1 Å². The summed E-state index contributed by atoms with van der Waals surface area (Å²) < 4.78 is 6.49. The number of ether oxygens (including phenoxy) is 1. The largest absolute Gasteiger partial charge is 0.386 e. The highest BCUT2D eigenvalue weighted by molar-refractivity contribution is 6.21. The zero-order chi connectivity index (χ0) is 14.6. The van der Waals surface area contributed by atoms with Crippen molar-refractivity contribution < 1.29 is 14.3 Å². The lowest BCUT2D eigenvalue weighted by atomic mass is 9.96. The second-order valence-electron chi connectivity index (χ2n) is 4.94. The van der Waals surface area contributed by atoms with Crippen LogP contribution in [0.25, 0.3) is 16.5 Å². The molecule has 1 aliphatic rings. The van der Waals surface area contributed by atoms with Crippen LogP contribution in [0.5, 0.6) is 0 Å². The number of carbonyl (C=O) groups is 2. The van der Waals surface area contributed by atoms with Gasteiger partial charge in [0.15, 0.2) is 0 Å². The van der Waals surface area contributed by atoms with Crippen molar-refractivity contribution >= 4 is 22.7 Å². The van der Waals surface area contributed by atoms with E-state index >= 15 is 0 Å². The summed E-state index contributed by atoms with van der Waals surface area (Å²) in [5.41, 5.74) is 2.54. The number of nitrogens with zero attached hydrogens (tertiary/aromatic N) is 2. The standard InChI is InChI=1S/C16H10N2O3/c1-9-7-8-18(17-9)13-6-5-12-14-10(13)3-2-4-11(14)15(19)21-16(12)20/h2-8H,1H3. The average molecular weight is 278 g/mol. The highest BCUT2D eigenvalue weighted by atomic mass is 16.6. The third kappa shape index (κ3) is 1.61. The Hall–Kier alpha value is -2.95. The molecule has 5 nitrogen and oxygen atoms in total. The molecule has 0 aliphatic carbocycles. The number of aromatic nitrogens is 2. The third-order valence-corrected chi connectivity index (χ3v) is 3.61. The Morgan fingerprint density at radius 1 is 1.00 bits per heavy atom. The number of cyclic esters (lactones) is 2. The van der Waals surface area contributed by atoms with Gasteiger partial charge in [-0.3, -0.25) is 0 Å². The Morgan fingerprint density at radius 3 is 2.48 bits per heavy atom. The molecule has 0 fully saturated rings. The van der Waals surface area contributed by atoms with Crippen LogP contribution in [0.1, 0.15) is 26.4 Å². The van der Waals surface area contributed by atoms with Crippen molar-refractivity contribution in [3.05, 3.63) is 59.4 Å². The molecule has 0 saturated carbocycles. The molecular weight excluding hydrogens is 268 g/mol. The van der Waals surface area contributed by atoms with E-state index in [1.807, 2.05) is 31.3 Å². The van der Waals surface area contributed by atoms with Gasteiger partial charge in [0, 0.05) is 17.0 Å². The Morgan fingerprint density at radius 2 is 1.76 bits per heavy atom. The van der Waals surface area contributed by atoms with Crippen LogP contribution in [0, 0.1) is 6.92 Å². The number of esters is 2. The molecule has 0 N–H and O–H groups in total. The number of hydrogen-bond donors (Lipinski definition) is 0. The molecular formula is C16H10N2O3. The number of carbonyl (C=O) groups excluding carboxylic acids is 2. The maximum absolute atomic E-state index is 11.9. The van der Waals surface area contributed by atoms with Gasteiger partial charge in [0.1, 0.15) is 0 Å². The number of aryl methyl sites for hydroxylation is 1. The fourth-order valence-corrected chi connectivity index (χ4v) is 2.67. The number of rotatable bonds is 1. The van der Waals surface area contributed by atoms with Crippen LogP contribution in [0.15, 0.2) is 42.6 Å². The lowest BCUT2D eigenvalue weighted by Gasteiger charge is -2.17. The zero-order valence-corrected chi connectivity index (χ0v) is 11.2. The number of hydrogen-bond acceptors (Lipinski definition) is 4. The fraction of sp³-hybridized carbons (Fsp3) is 0.0625. The molecule has 0 spiro atoms. The predicted molar refractivity (Wildman–Crippen MR) is 75.6 cm³/mol. The molecule has 102 valence electrons. The van der Waals surface area contributed by atoms with E-state index in [4.69, 9.17) is 4.74 Å². The fourth-order valence-electron chi connectivity index (χ4n) is 2.67. The molecule has 1 aromatic heterocycles. The van der Waals surface area contributed by atoms with Gasteiger partial charge in [-0.25, -0.2) is 14.3 Å². The summed E-state index contributed by atoms with van der Waals surface area (Å²) in [6.45, 7) is 1.91. The van der Waals surface area contributed by atoms with Gasteiger partial charge < -0.3 is 4.74 Å². The van der Waals surface area contributed by atoms with E-state index in [1.54, 1.807) is 22.9 Å². The maximum Gasteiger partial charge on any atom is 0.346 e. The molecule has 0 atom stereocenters. The summed E-state index contributed by atoms with van der Waals surface area (Å²) in [6, 6.07) is 10.7. The molecule has 0 bridgehead atoms. The minimum atomic E-state index is -0.605. The van der Waals surface area contributed by atoms with Crippen LogP contribution in [-0.2, 0) is 4.74 Å². The minimum absolute atomic E-state index is 0.410. The first-order valence-corrected chi connectivity index (χ1v) is 6.50. The zero-order valence-electron chi connectivity index (χ0n) is 11.2. The number of benzene rings is 2. The van der Waals surface area contributed by atoms with Crippen LogP contribution in [0.2, 0.25) is 0 Å². The normalized spacial score (nSPS) is 13.6. The molecule has 0 unspecified atom stereocenters. The smallest absolute Gasteiger partial charge is 0.346 e. The summed E-state index contributed by atoms with van der Waals surface area (Å²) in [6.07, 6.45) is 1.85. The first kappa shape index (κ1) is 11.8. The summed E-state index contributed by atoms with van der Waals surface area (Å²) in [5, 5.41) is 5.82. The highest BCUT2D eigenvalue weighted by Crippen LogP contribution is 2.32. The lowest BCUT2D eigenvalue weighted by molar-refractivity contribution is 0.0391. The van der Waals surface area contributed by atoms with E-state index in [-0.39, 0.29) is 0 Å². The summed E-state index contributed by atoms with van der Waals surface area (Å²) in [4.78, 5) is 23.7. The molecule has 21 heavy (non-hydrogen) atoms. The van der Waals surface area contributed by atoms with E-state index in [0.29, 0.717) is 16.5 Å². The maximum atomic E-state index is 11.9. The molecule has 4 rings (SSSR count). The van der Waals surface area contributed by atoms with E-state index in [1.165, 1.54) is 0 Å². The van der Waals surface area contributed by atoms with E-state index in [9.17, 15) is 9.59 Å². The average Bonchev–Trinajstić information content (AvgIpc) is 2.90. The molecule has 2 aromatic carbocycles. The second kappa shape index (κ2) is 4.02. The van der Waals surface area contributed by atoms with Crippen LogP contribution in [0.3, 0.4) is 0 Å². The topological polar surface area (TPSA) is 61.2 Å². The Labute approximate surface area is 119 Å². The highest BCUT2D eigenvalue weighted by Gasteiger charge is 2.28. The van der Waals surface area contributed by atoms with Gasteiger partial charge in [-0.2, -0.15) is 5.10 Å². The van der Waals surface area contributed by atoms with Crippen LogP contribution in [-0.4, -0.2) is 21.7 Å². The molecule has 0 radical (unpaired) electrons. The molecule has 2 heterocycles. The Kier molecular flexibility index (Phi) is 2.27.